The highest BCUT2D eigenvalue weighted by Crippen LogP contribution is 2.04. The molecule has 0 saturated heterocycles. The zero-order chi connectivity index (χ0) is 15.6. The third-order valence-electron chi connectivity index (χ3n) is 3.41. The average molecular weight is 290 g/mol. The second-order valence-electron chi connectivity index (χ2n) is 5.60. The number of hydrogen-bond acceptors (Lipinski definition) is 1. The van der Waals surface area contributed by atoms with Crippen molar-refractivity contribution < 1.29 is 5.11 Å². The molecule has 0 aromatic rings. The second-order valence-corrected chi connectivity index (χ2v) is 5.60. The highest BCUT2D eigenvalue weighted by atomic mass is 16.3. The third kappa shape index (κ3) is 16.9. The molecule has 0 amide bonds. The molecule has 0 aliphatic rings. The van der Waals surface area contributed by atoms with Crippen LogP contribution in [0.2, 0.25) is 0 Å². The highest BCUT2D eigenvalue weighted by Gasteiger charge is 1.96. The first-order chi connectivity index (χ1) is 10.3. The summed E-state index contributed by atoms with van der Waals surface area (Å²) in [5.74, 6) is 5.82. The number of allylic oxidation sites excluding steroid dienone is 4. The van der Waals surface area contributed by atoms with Gasteiger partial charge in [-0.25, -0.2) is 0 Å². The normalized spacial score (nSPS) is 12.7. The fourth-order valence-electron chi connectivity index (χ4n) is 2.03. The van der Waals surface area contributed by atoms with Crippen molar-refractivity contribution in [2.24, 2.45) is 0 Å². The first-order valence-corrected chi connectivity index (χ1v) is 8.80. The third-order valence-corrected chi connectivity index (χ3v) is 3.41. The molecular formula is C20H34O. The number of aliphatic hydroxyl groups excluding tert-OH is 1. The van der Waals surface area contributed by atoms with Gasteiger partial charge in [0.15, 0.2) is 0 Å². The fraction of sp³-hybridized carbons (Fsp3) is 0.700. The molecule has 120 valence electrons. The maximum atomic E-state index is 9.62. The van der Waals surface area contributed by atoms with E-state index < -0.39 is 6.10 Å². The summed E-state index contributed by atoms with van der Waals surface area (Å²) in [6.45, 7) is 4.40. The predicted molar refractivity (Wildman–Crippen MR) is 94.2 cm³/mol. The van der Waals surface area contributed by atoms with Crippen LogP contribution in [0.5, 0.6) is 0 Å². The smallest absolute Gasteiger partial charge is 0.115 e. The van der Waals surface area contributed by atoms with Crippen LogP contribution in [-0.4, -0.2) is 11.2 Å². The molecule has 1 nitrogen and oxygen atoms in total. The summed E-state index contributed by atoms with van der Waals surface area (Å²) >= 11 is 0. The lowest BCUT2D eigenvalue weighted by atomic mass is 10.1. The van der Waals surface area contributed by atoms with Crippen LogP contribution in [0.4, 0.5) is 0 Å². The Morgan fingerprint density at radius 1 is 0.810 bits per heavy atom. The van der Waals surface area contributed by atoms with Gasteiger partial charge in [0.25, 0.3) is 0 Å². The van der Waals surface area contributed by atoms with E-state index in [0.29, 0.717) is 0 Å². The lowest BCUT2D eigenvalue weighted by molar-refractivity contribution is 0.217. The Morgan fingerprint density at radius 3 is 2.10 bits per heavy atom. The summed E-state index contributed by atoms with van der Waals surface area (Å²) in [6, 6.07) is 0. The van der Waals surface area contributed by atoms with Gasteiger partial charge in [-0.05, 0) is 51.0 Å². The van der Waals surface area contributed by atoms with Crippen LogP contribution >= 0.6 is 0 Å². The van der Waals surface area contributed by atoms with Gasteiger partial charge in [-0.2, -0.15) is 0 Å². The van der Waals surface area contributed by atoms with Crippen LogP contribution in [0, 0.1) is 11.8 Å². The molecule has 0 aromatic heterocycles. The van der Waals surface area contributed by atoms with Gasteiger partial charge in [-0.1, -0.05) is 69.6 Å². The topological polar surface area (TPSA) is 20.2 Å². The quantitative estimate of drug-likeness (QED) is 0.274. The lowest BCUT2D eigenvalue weighted by Crippen LogP contribution is -2.01. The van der Waals surface area contributed by atoms with Gasteiger partial charge in [-0.15, -0.1) is 0 Å². The largest absolute Gasteiger partial charge is 0.380 e. The van der Waals surface area contributed by atoms with Gasteiger partial charge >= 0.3 is 0 Å². The Labute approximate surface area is 132 Å². The zero-order valence-corrected chi connectivity index (χ0v) is 14.1. The van der Waals surface area contributed by atoms with Gasteiger partial charge in [0, 0.05) is 0 Å². The van der Waals surface area contributed by atoms with Crippen LogP contribution < -0.4 is 0 Å². The summed E-state index contributed by atoms with van der Waals surface area (Å²) in [7, 11) is 0. The van der Waals surface area contributed by atoms with Gasteiger partial charge in [0.1, 0.15) is 6.10 Å². The zero-order valence-electron chi connectivity index (χ0n) is 14.1. The van der Waals surface area contributed by atoms with Crippen molar-refractivity contribution in [1.29, 1.82) is 0 Å². The summed E-state index contributed by atoms with van der Waals surface area (Å²) in [5, 5.41) is 9.62. The molecule has 0 rings (SSSR count). The Morgan fingerprint density at radius 2 is 1.43 bits per heavy atom. The van der Waals surface area contributed by atoms with E-state index in [1.807, 2.05) is 6.08 Å². The Hall–Kier alpha value is -1.00. The molecule has 0 aliphatic carbocycles. The first-order valence-electron chi connectivity index (χ1n) is 8.80. The summed E-state index contributed by atoms with van der Waals surface area (Å²) in [5.41, 5.74) is 0. The molecule has 0 heterocycles. The Balaban J connectivity index is 3.45. The first kappa shape index (κ1) is 20.0. The van der Waals surface area contributed by atoms with Crippen LogP contribution in [0.1, 0.15) is 84.5 Å². The lowest BCUT2D eigenvalue weighted by Gasteiger charge is -2.00. The summed E-state index contributed by atoms with van der Waals surface area (Å²) < 4.78 is 0. The maximum Gasteiger partial charge on any atom is 0.115 e. The molecule has 0 radical (unpaired) electrons. The van der Waals surface area contributed by atoms with Crippen LogP contribution in [0.3, 0.4) is 0 Å². The highest BCUT2D eigenvalue weighted by molar-refractivity contribution is 5.17. The van der Waals surface area contributed by atoms with E-state index in [1.54, 1.807) is 0 Å². The van der Waals surface area contributed by atoms with E-state index in [0.717, 1.165) is 19.3 Å². The molecular weight excluding hydrogens is 256 g/mol. The molecule has 1 heteroatoms. The van der Waals surface area contributed by atoms with E-state index >= 15 is 0 Å². The molecule has 0 aliphatic heterocycles. The van der Waals surface area contributed by atoms with Crippen molar-refractivity contribution in [3.8, 4) is 11.8 Å². The number of hydrogen-bond donors (Lipinski definition) is 1. The van der Waals surface area contributed by atoms with E-state index in [1.165, 1.54) is 51.4 Å². The van der Waals surface area contributed by atoms with Crippen LogP contribution in [0.15, 0.2) is 24.3 Å². The molecule has 21 heavy (non-hydrogen) atoms. The van der Waals surface area contributed by atoms with E-state index in [2.05, 4.69) is 43.9 Å². The summed E-state index contributed by atoms with van der Waals surface area (Å²) in [6.07, 6.45) is 21.0. The van der Waals surface area contributed by atoms with Crippen molar-refractivity contribution in [2.45, 2.75) is 90.6 Å². The van der Waals surface area contributed by atoms with Crippen molar-refractivity contribution in [2.75, 3.05) is 0 Å². The monoisotopic (exact) mass is 290 g/mol. The van der Waals surface area contributed by atoms with Crippen LogP contribution in [-0.2, 0) is 0 Å². The molecule has 1 atom stereocenters. The predicted octanol–water partition coefficient (Wildman–Crippen LogP) is 5.79. The Bertz CT molecular complexity index is 316. The molecule has 0 saturated carbocycles. The summed E-state index contributed by atoms with van der Waals surface area (Å²) in [4.78, 5) is 0. The van der Waals surface area contributed by atoms with Gasteiger partial charge < -0.3 is 5.11 Å². The minimum Gasteiger partial charge on any atom is -0.380 e. The van der Waals surface area contributed by atoms with Crippen molar-refractivity contribution >= 4 is 0 Å². The fourth-order valence-corrected chi connectivity index (χ4v) is 2.03. The van der Waals surface area contributed by atoms with Gasteiger partial charge in [0.05, 0.1) is 0 Å². The van der Waals surface area contributed by atoms with Gasteiger partial charge in [0.2, 0.25) is 0 Å². The maximum absolute atomic E-state index is 9.62. The van der Waals surface area contributed by atoms with Crippen molar-refractivity contribution in [1.82, 2.24) is 0 Å². The van der Waals surface area contributed by atoms with Gasteiger partial charge in [-0.3, -0.25) is 0 Å². The van der Waals surface area contributed by atoms with Crippen LogP contribution in [0.25, 0.3) is 0 Å². The standard InChI is InChI=1S/C20H34O/c1-3-5-7-8-9-10-11-12-13-14-15-17-19-20(21)18-16-6-4-2/h8-9,14-15,20-21H,3-7,10-13,16,18H2,1-2H3/b9-8+,15-14+. The number of unbranched alkanes of at least 4 members (excludes halogenated alkanes) is 7. The van der Waals surface area contributed by atoms with E-state index in [-0.39, 0.29) is 0 Å². The molecule has 1 unspecified atom stereocenters. The molecule has 0 aromatic carbocycles. The average Bonchev–Trinajstić information content (AvgIpc) is 2.48. The van der Waals surface area contributed by atoms with E-state index in [4.69, 9.17) is 0 Å². The number of aliphatic hydroxyl groups is 1. The SMILES string of the molecule is CCCC/C=C/CCCC/C=C/C#CC(O)CCCCC. The molecule has 0 bridgehead atoms. The molecule has 1 N–H and O–H groups in total. The van der Waals surface area contributed by atoms with E-state index in [9.17, 15) is 5.11 Å². The second kappa shape index (κ2) is 17.1. The van der Waals surface area contributed by atoms with Crippen molar-refractivity contribution in [3.05, 3.63) is 24.3 Å². The van der Waals surface area contributed by atoms with Crippen molar-refractivity contribution in [3.63, 3.8) is 0 Å². The molecule has 0 fully saturated rings. The Kier molecular flexibility index (Phi) is 16.2. The minimum absolute atomic E-state index is 0.450. The molecule has 0 spiro atoms. The number of rotatable bonds is 12. The minimum atomic E-state index is -0.450.